The van der Waals surface area contributed by atoms with Gasteiger partial charge in [-0.1, -0.05) is 0 Å². The molecule has 0 radical (unpaired) electrons. The van der Waals surface area contributed by atoms with Crippen molar-refractivity contribution in [3.05, 3.63) is 29.3 Å². The number of nitrogens with zero attached hydrogens (tertiary/aromatic N) is 1. The van der Waals surface area contributed by atoms with Gasteiger partial charge in [-0.05, 0) is 37.6 Å². The molecular weight excluding hydrogens is 174 g/mol. The van der Waals surface area contributed by atoms with Crippen LogP contribution < -0.4 is 11.1 Å². The van der Waals surface area contributed by atoms with Gasteiger partial charge in [0.15, 0.2) is 0 Å². The average Bonchev–Trinajstić information content (AvgIpc) is 2.20. The first-order valence-electron chi connectivity index (χ1n) is 4.64. The molecule has 0 spiro atoms. The zero-order valence-corrected chi connectivity index (χ0v) is 8.54. The summed E-state index contributed by atoms with van der Waals surface area (Å²) in [7, 11) is 0. The maximum Gasteiger partial charge on any atom is 0.0991 e. The van der Waals surface area contributed by atoms with Crippen LogP contribution in [0.5, 0.6) is 0 Å². The Kier molecular flexibility index (Phi) is 3.49. The van der Waals surface area contributed by atoms with Gasteiger partial charge in [0.05, 0.1) is 11.6 Å². The van der Waals surface area contributed by atoms with Gasteiger partial charge >= 0.3 is 0 Å². The van der Waals surface area contributed by atoms with E-state index in [1.807, 2.05) is 26.0 Å². The monoisotopic (exact) mass is 189 g/mol. The van der Waals surface area contributed by atoms with Crippen LogP contribution >= 0.6 is 0 Å². The molecule has 74 valence electrons. The van der Waals surface area contributed by atoms with E-state index in [1.165, 1.54) is 0 Å². The van der Waals surface area contributed by atoms with Crippen molar-refractivity contribution in [3.63, 3.8) is 0 Å². The highest BCUT2D eigenvalue weighted by atomic mass is 14.9. The minimum Gasteiger partial charge on any atom is -0.381 e. The third-order valence-corrected chi connectivity index (χ3v) is 2.11. The molecule has 1 rings (SSSR count). The second-order valence-corrected chi connectivity index (χ2v) is 3.42. The van der Waals surface area contributed by atoms with E-state index in [-0.39, 0.29) is 6.04 Å². The molecule has 0 saturated heterocycles. The third-order valence-electron chi connectivity index (χ3n) is 2.11. The topological polar surface area (TPSA) is 61.8 Å². The summed E-state index contributed by atoms with van der Waals surface area (Å²) >= 11 is 0. The zero-order chi connectivity index (χ0) is 10.6. The molecule has 3 N–H and O–H groups in total. The van der Waals surface area contributed by atoms with Gasteiger partial charge in [-0.3, -0.25) is 0 Å². The highest BCUT2D eigenvalue weighted by molar-refractivity contribution is 5.54. The van der Waals surface area contributed by atoms with Crippen molar-refractivity contribution in [3.8, 4) is 6.07 Å². The number of hydrogen-bond acceptors (Lipinski definition) is 3. The number of nitrogens with one attached hydrogen (secondary N) is 1. The molecule has 3 heteroatoms. The molecule has 1 atom stereocenters. The SMILES string of the molecule is Cc1cc(C#N)ccc1NC(C)CN. The highest BCUT2D eigenvalue weighted by Gasteiger charge is 2.02. The maximum atomic E-state index is 8.69. The quantitative estimate of drug-likeness (QED) is 0.759. The van der Waals surface area contributed by atoms with E-state index in [9.17, 15) is 0 Å². The molecule has 0 saturated carbocycles. The number of hydrogen-bond donors (Lipinski definition) is 2. The number of benzene rings is 1. The molecule has 0 amide bonds. The molecule has 1 aromatic rings. The summed E-state index contributed by atoms with van der Waals surface area (Å²) in [5.41, 5.74) is 8.32. The van der Waals surface area contributed by atoms with Gasteiger partial charge in [0.1, 0.15) is 0 Å². The van der Waals surface area contributed by atoms with Gasteiger partial charge in [-0.15, -0.1) is 0 Å². The maximum absolute atomic E-state index is 8.69. The van der Waals surface area contributed by atoms with Crippen LogP contribution in [-0.4, -0.2) is 12.6 Å². The van der Waals surface area contributed by atoms with Gasteiger partial charge in [-0.25, -0.2) is 0 Å². The molecule has 0 aliphatic rings. The summed E-state index contributed by atoms with van der Waals surface area (Å²) in [5, 5.41) is 12.0. The van der Waals surface area contributed by atoms with Crippen molar-refractivity contribution >= 4 is 5.69 Å². The fourth-order valence-corrected chi connectivity index (χ4v) is 1.22. The molecule has 0 heterocycles. The Morgan fingerprint density at radius 1 is 1.57 bits per heavy atom. The van der Waals surface area contributed by atoms with Crippen molar-refractivity contribution < 1.29 is 0 Å². The number of anilines is 1. The molecule has 0 bridgehead atoms. The molecule has 0 aromatic heterocycles. The summed E-state index contributed by atoms with van der Waals surface area (Å²) in [4.78, 5) is 0. The van der Waals surface area contributed by atoms with Crippen molar-refractivity contribution in [1.29, 1.82) is 5.26 Å². The van der Waals surface area contributed by atoms with Crippen LogP contribution in [0.4, 0.5) is 5.69 Å². The molecule has 1 unspecified atom stereocenters. The zero-order valence-electron chi connectivity index (χ0n) is 8.54. The Bertz CT molecular complexity index is 352. The van der Waals surface area contributed by atoms with E-state index in [0.717, 1.165) is 11.3 Å². The molecule has 0 aliphatic heterocycles. The summed E-state index contributed by atoms with van der Waals surface area (Å²) in [6.07, 6.45) is 0. The molecule has 0 aliphatic carbocycles. The number of aryl methyl sites for hydroxylation is 1. The number of nitrogens with two attached hydrogens (primary N) is 1. The van der Waals surface area contributed by atoms with Crippen LogP contribution in [0, 0.1) is 18.3 Å². The lowest BCUT2D eigenvalue weighted by Crippen LogP contribution is -2.25. The predicted octanol–water partition coefficient (Wildman–Crippen LogP) is 1.63. The lowest BCUT2D eigenvalue weighted by molar-refractivity contribution is 0.803. The van der Waals surface area contributed by atoms with Gasteiger partial charge < -0.3 is 11.1 Å². The largest absolute Gasteiger partial charge is 0.381 e. The van der Waals surface area contributed by atoms with Crippen LogP contribution in [0.25, 0.3) is 0 Å². The second kappa shape index (κ2) is 4.64. The van der Waals surface area contributed by atoms with E-state index < -0.39 is 0 Å². The van der Waals surface area contributed by atoms with E-state index in [2.05, 4.69) is 11.4 Å². The third kappa shape index (κ3) is 2.48. The summed E-state index contributed by atoms with van der Waals surface area (Å²) in [6, 6.07) is 7.95. The first-order chi connectivity index (χ1) is 6.67. The van der Waals surface area contributed by atoms with Gasteiger partial charge in [0, 0.05) is 18.3 Å². The Morgan fingerprint density at radius 2 is 2.29 bits per heavy atom. The molecule has 3 nitrogen and oxygen atoms in total. The summed E-state index contributed by atoms with van der Waals surface area (Å²) in [6.45, 7) is 4.60. The first-order valence-corrected chi connectivity index (χ1v) is 4.64. The summed E-state index contributed by atoms with van der Waals surface area (Å²) < 4.78 is 0. The van der Waals surface area contributed by atoms with Crippen LogP contribution in [0.15, 0.2) is 18.2 Å². The summed E-state index contributed by atoms with van der Waals surface area (Å²) in [5.74, 6) is 0. The van der Waals surface area contributed by atoms with Crippen molar-refractivity contribution in [2.24, 2.45) is 5.73 Å². The molecular formula is C11H15N3. The fraction of sp³-hybridized carbons (Fsp3) is 0.364. The lowest BCUT2D eigenvalue weighted by Gasteiger charge is -2.14. The Labute approximate surface area is 84.5 Å². The Morgan fingerprint density at radius 3 is 2.79 bits per heavy atom. The van der Waals surface area contributed by atoms with Crippen LogP contribution in [-0.2, 0) is 0 Å². The van der Waals surface area contributed by atoms with Gasteiger partial charge in [-0.2, -0.15) is 5.26 Å². The Balaban J connectivity index is 2.85. The van der Waals surface area contributed by atoms with Gasteiger partial charge in [0.25, 0.3) is 0 Å². The fourth-order valence-electron chi connectivity index (χ4n) is 1.22. The second-order valence-electron chi connectivity index (χ2n) is 3.42. The minimum absolute atomic E-state index is 0.252. The average molecular weight is 189 g/mol. The van der Waals surface area contributed by atoms with Crippen molar-refractivity contribution in [1.82, 2.24) is 0 Å². The van der Waals surface area contributed by atoms with E-state index in [0.29, 0.717) is 12.1 Å². The highest BCUT2D eigenvalue weighted by Crippen LogP contribution is 2.16. The van der Waals surface area contributed by atoms with Gasteiger partial charge in [0.2, 0.25) is 0 Å². The van der Waals surface area contributed by atoms with Crippen LogP contribution in [0.3, 0.4) is 0 Å². The number of nitriles is 1. The van der Waals surface area contributed by atoms with E-state index in [1.54, 1.807) is 6.07 Å². The standard InChI is InChI=1S/C11H15N3/c1-8-5-10(7-13)3-4-11(8)14-9(2)6-12/h3-5,9,14H,6,12H2,1-2H3. The first kappa shape index (κ1) is 10.6. The van der Waals surface area contributed by atoms with Crippen LogP contribution in [0.1, 0.15) is 18.1 Å². The van der Waals surface area contributed by atoms with Crippen molar-refractivity contribution in [2.45, 2.75) is 19.9 Å². The minimum atomic E-state index is 0.252. The van der Waals surface area contributed by atoms with Crippen molar-refractivity contribution in [2.75, 3.05) is 11.9 Å². The molecule has 1 aromatic carbocycles. The smallest absolute Gasteiger partial charge is 0.0991 e. The van der Waals surface area contributed by atoms with E-state index >= 15 is 0 Å². The van der Waals surface area contributed by atoms with E-state index in [4.69, 9.17) is 11.0 Å². The molecule has 14 heavy (non-hydrogen) atoms. The lowest BCUT2D eigenvalue weighted by atomic mass is 10.1. The van der Waals surface area contributed by atoms with Crippen LogP contribution in [0.2, 0.25) is 0 Å². The molecule has 0 fully saturated rings. The Hall–Kier alpha value is -1.53. The normalized spacial score (nSPS) is 11.9. The predicted molar refractivity (Wildman–Crippen MR) is 58.0 cm³/mol. The number of rotatable bonds is 3.